The van der Waals surface area contributed by atoms with E-state index in [9.17, 15) is 5.11 Å². The quantitative estimate of drug-likeness (QED) is 0.885. The van der Waals surface area contributed by atoms with Crippen LogP contribution in [-0.4, -0.2) is 73.4 Å². The van der Waals surface area contributed by atoms with Gasteiger partial charge in [0, 0.05) is 51.7 Å². The Labute approximate surface area is 156 Å². The van der Waals surface area contributed by atoms with E-state index in [1.165, 1.54) is 16.3 Å². The van der Waals surface area contributed by atoms with E-state index in [1.807, 2.05) is 0 Å². The number of nitrogens with one attached hydrogen (secondary N) is 1. The van der Waals surface area contributed by atoms with Gasteiger partial charge < -0.3 is 20.2 Å². The molecule has 0 bridgehead atoms. The first-order chi connectivity index (χ1) is 12.6. The Morgan fingerprint density at radius 1 is 1.00 bits per heavy atom. The van der Waals surface area contributed by atoms with Crippen molar-refractivity contribution < 1.29 is 5.11 Å². The lowest BCUT2D eigenvalue weighted by atomic mass is 9.75. The Kier molecular flexibility index (Phi) is 5.28. The molecule has 2 aliphatic heterocycles. The molecular formula is C22H31N3O. The highest BCUT2D eigenvalue weighted by Crippen LogP contribution is 2.38. The maximum absolute atomic E-state index is 11.6. The van der Waals surface area contributed by atoms with Gasteiger partial charge in [-0.1, -0.05) is 42.5 Å². The number of likely N-dealkylation sites (tertiary alicyclic amines) is 1. The minimum atomic E-state index is -0.611. The molecule has 2 N–H and O–H groups in total. The summed E-state index contributed by atoms with van der Waals surface area (Å²) < 4.78 is 0. The van der Waals surface area contributed by atoms with E-state index in [4.69, 9.17) is 0 Å². The molecule has 2 aliphatic rings. The van der Waals surface area contributed by atoms with Crippen molar-refractivity contribution in [2.24, 2.45) is 0 Å². The van der Waals surface area contributed by atoms with Gasteiger partial charge in [0.05, 0.1) is 5.60 Å². The van der Waals surface area contributed by atoms with Crippen molar-refractivity contribution in [3.8, 4) is 0 Å². The number of fused-ring (bicyclic) bond motifs is 1. The van der Waals surface area contributed by atoms with E-state index in [-0.39, 0.29) is 5.92 Å². The molecule has 140 valence electrons. The highest BCUT2D eigenvalue weighted by molar-refractivity contribution is 5.83. The smallest absolute Gasteiger partial charge is 0.0752 e. The number of aliphatic hydroxyl groups is 1. The van der Waals surface area contributed by atoms with Crippen LogP contribution >= 0.6 is 0 Å². The van der Waals surface area contributed by atoms with Crippen LogP contribution in [0.15, 0.2) is 42.5 Å². The fourth-order valence-corrected chi connectivity index (χ4v) is 4.52. The van der Waals surface area contributed by atoms with Crippen molar-refractivity contribution >= 4 is 10.8 Å². The molecular weight excluding hydrogens is 322 g/mol. The average Bonchev–Trinajstić information content (AvgIpc) is 2.69. The second-order valence-corrected chi connectivity index (χ2v) is 8.12. The number of benzene rings is 2. The first kappa shape index (κ1) is 17.9. The van der Waals surface area contributed by atoms with Crippen LogP contribution in [0.1, 0.15) is 24.3 Å². The molecule has 0 radical (unpaired) electrons. The van der Waals surface area contributed by atoms with Gasteiger partial charge in [-0.05, 0) is 36.2 Å². The molecule has 0 aromatic heterocycles. The largest absolute Gasteiger partial charge is 0.389 e. The van der Waals surface area contributed by atoms with Crippen molar-refractivity contribution in [2.75, 3.05) is 52.9 Å². The third-order valence-electron chi connectivity index (χ3n) is 6.33. The summed E-state index contributed by atoms with van der Waals surface area (Å²) in [6.45, 7) is 7.13. The summed E-state index contributed by atoms with van der Waals surface area (Å²) in [5.74, 6) is 0.166. The zero-order valence-electron chi connectivity index (χ0n) is 15.8. The summed E-state index contributed by atoms with van der Waals surface area (Å²) in [4.78, 5) is 4.85. The summed E-state index contributed by atoms with van der Waals surface area (Å²) in [6.07, 6.45) is 1.71. The Bertz CT molecular complexity index is 733. The van der Waals surface area contributed by atoms with E-state index >= 15 is 0 Å². The highest BCUT2D eigenvalue weighted by atomic mass is 16.3. The molecule has 0 aliphatic carbocycles. The third kappa shape index (κ3) is 3.79. The third-order valence-corrected chi connectivity index (χ3v) is 6.33. The van der Waals surface area contributed by atoms with Crippen LogP contribution in [0.4, 0.5) is 0 Å². The molecule has 0 spiro atoms. The highest BCUT2D eigenvalue weighted by Gasteiger charge is 2.40. The Morgan fingerprint density at radius 2 is 1.69 bits per heavy atom. The van der Waals surface area contributed by atoms with Crippen LogP contribution < -0.4 is 5.32 Å². The minimum Gasteiger partial charge on any atom is -0.389 e. The lowest BCUT2D eigenvalue weighted by Crippen LogP contribution is -2.52. The van der Waals surface area contributed by atoms with Gasteiger partial charge in [-0.2, -0.15) is 0 Å². The molecule has 4 nitrogen and oxygen atoms in total. The summed E-state index contributed by atoms with van der Waals surface area (Å²) in [6, 6.07) is 15.3. The molecule has 2 heterocycles. The number of nitrogens with zero attached hydrogens (tertiary/aromatic N) is 2. The zero-order chi connectivity index (χ0) is 18.0. The summed E-state index contributed by atoms with van der Waals surface area (Å²) in [5.41, 5.74) is 0.675. The van der Waals surface area contributed by atoms with E-state index in [0.717, 1.165) is 58.7 Å². The van der Waals surface area contributed by atoms with Gasteiger partial charge in [0.2, 0.25) is 0 Å². The van der Waals surface area contributed by atoms with Gasteiger partial charge in [-0.25, -0.2) is 0 Å². The molecule has 2 aromatic carbocycles. The number of hydrogen-bond acceptors (Lipinski definition) is 4. The van der Waals surface area contributed by atoms with Crippen LogP contribution in [-0.2, 0) is 0 Å². The second kappa shape index (κ2) is 7.65. The second-order valence-electron chi connectivity index (χ2n) is 8.12. The normalized spacial score (nSPS) is 23.2. The van der Waals surface area contributed by atoms with Gasteiger partial charge in [-0.15, -0.1) is 0 Å². The molecule has 2 saturated heterocycles. The number of hydrogen-bond donors (Lipinski definition) is 2. The summed E-state index contributed by atoms with van der Waals surface area (Å²) in [5, 5.41) is 17.6. The topological polar surface area (TPSA) is 38.7 Å². The average molecular weight is 354 g/mol. The van der Waals surface area contributed by atoms with Crippen molar-refractivity contribution in [3.63, 3.8) is 0 Å². The van der Waals surface area contributed by atoms with Crippen LogP contribution in [0.2, 0.25) is 0 Å². The van der Waals surface area contributed by atoms with Gasteiger partial charge >= 0.3 is 0 Å². The van der Waals surface area contributed by atoms with Gasteiger partial charge in [0.15, 0.2) is 0 Å². The predicted molar refractivity (Wildman–Crippen MR) is 108 cm³/mol. The molecule has 26 heavy (non-hydrogen) atoms. The monoisotopic (exact) mass is 353 g/mol. The standard InChI is InChI=1S/C22H31N3O/c1-24-12-8-22(26,9-13-24)21(17-25-14-10-23-11-15-25)20-7-6-18-4-2-3-5-19(18)16-20/h2-7,16,21,23,26H,8-15,17H2,1H3. The first-order valence-electron chi connectivity index (χ1n) is 9.97. The number of piperazine rings is 1. The molecule has 0 amide bonds. The fraction of sp³-hybridized carbons (Fsp3) is 0.545. The maximum Gasteiger partial charge on any atom is 0.0752 e. The lowest BCUT2D eigenvalue weighted by molar-refractivity contribution is -0.0466. The Morgan fingerprint density at radius 3 is 2.42 bits per heavy atom. The number of rotatable bonds is 4. The SMILES string of the molecule is CN1CCC(O)(C(CN2CCNCC2)c2ccc3ccccc3c2)CC1. The van der Waals surface area contributed by atoms with E-state index < -0.39 is 5.60 Å². The summed E-state index contributed by atoms with van der Waals surface area (Å²) in [7, 11) is 2.15. The predicted octanol–water partition coefficient (Wildman–Crippen LogP) is 2.29. The van der Waals surface area contributed by atoms with Crippen LogP contribution in [0.5, 0.6) is 0 Å². The van der Waals surface area contributed by atoms with Crippen molar-refractivity contribution in [3.05, 3.63) is 48.0 Å². The molecule has 1 atom stereocenters. The molecule has 0 saturated carbocycles. The molecule has 4 rings (SSSR count). The van der Waals surface area contributed by atoms with E-state index in [2.05, 4.69) is 64.6 Å². The van der Waals surface area contributed by atoms with Crippen molar-refractivity contribution in [2.45, 2.75) is 24.4 Å². The minimum absolute atomic E-state index is 0.166. The molecule has 2 fully saturated rings. The van der Waals surface area contributed by atoms with Gasteiger partial charge in [-0.3, -0.25) is 0 Å². The van der Waals surface area contributed by atoms with Crippen LogP contribution in [0, 0.1) is 0 Å². The van der Waals surface area contributed by atoms with E-state index in [0.29, 0.717) is 0 Å². The number of piperidine rings is 1. The molecule has 2 aromatic rings. The van der Waals surface area contributed by atoms with E-state index in [1.54, 1.807) is 0 Å². The van der Waals surface area contributed by atoms with Crippen LogP contribution in [0.25, 0.3) is 10.8 Å². The van der Waals surface area contributed by atoms with Crippen LogP contribution in [0.3, 0.4) is 0 Å². The summed E-state index contributed by atoms with van der Waals surface area (Å²) >= 11 is 0. The lowest BCUT2D eigenvalue weighted by Gasteiger charge is -2.44. The first-order valence-corrected chi connectivity index (χ1v) is 9.97. The fourth-order valence-electron chi connectivity index (χ4n) is 4.52. The van der Waals surface area contributed by atoms with Crippen molar-refractivity contribution in [1.29, 1.82) is 0 Å². The zero-order valence-corrected chi connectivity index (χ0v) is 15.8. The van der Waals surface area contributed by atoms with Crippen molar-refractivity contribution in [1.82, 2.24) is 15.1 Å². The van der Waals surface area contributed by atoms with Gasteiger partial charge in [0.25, 0.3) is 0 Å². The molecule has 1 unspecified atom stereocenters. The Balaban J connectivity index is 1.66. The Hall–Kier alpha value is -1.46. The van der Waals surface area contributed by atoms with Gasteiger partial charge in [0.1, 0.15) is 0 Å². The molecule has 4 heteroatoms. The maximum atomic E-state index is 11.6.